The summed E-state index contributed by atoms with van der Waals surface area (Å²) in [6, 6.07) is 4.89. The Hall–Kier alpha value is -1.98. The molecule has 0 amide bonds. The molecule has 0 fully saturated rings. The van der Waals surface area contributed by atoms with Crippen molar-refractivity contribution in [3.8, 4) is 0 Å². The number of aliphatic carboxylic acids is 1. The molecule has 0 aliphatic heterocycles. The molecule has 0 saturated heterocycles. The van der Waals surface area contributed by atoms with Gasteiger partial charge in [-0.05, 0) is 24.1 Å². The van der Waals surface area contributed by atoms with Crippen molar-refractivity contribution in [3.63, 3.8) is 0 Å². The summed E-state index contributed by atoms with van der Waals surface area (Å²) in [6.45, 7) is 1.88. The number of hydrogen-bond acceptors (Lipinski definition) is 1. The summed E-state index contributed by atoms with van der Waals surface area (Å²) in [7, 11) is 0. The molecular weight excluding hydrogens is 259 g/mol. The minimum Gasteiger partial charge on any atom is -0.481 e. The highest BCUT2D eigenvalue weighted by atomic mass is 19.4. The average Bonchev–Trinajstić information content (AvgIpc) is 2.66. The van der Waals surface area contributed by atoms with Gasteiger partial charge in [0.05, 0.1) is 6.42 Å². The Bertz CT molecular complexity index is 629. The van der Waals surface area contributed by atoms with E-state index in [2.05, 4.69) is 4.98 Å². The fraction of sp³-hybridized carbons (Fsp3) is 0.308. The summed E-state index contributed by atoms with van der Waals surface area (Å²) in [4.78, 5) is 13.0. The van der Waals surface area contributed by atoms with Crippen LogP contribution in [0.4, 0.5) is 13.2 Å². The van der Waals surface area contributed by atoms with Crippen LogP contribution in [0.1, 0.15) is 23.7 Å². The molecule has 2 rings (SSSR count). The molecule has 2 aromatic rings. The number of fused-ring (bicyclic) bond motifs is 1. The van der Waals surface area contributed by atoms with E-state index in [0.29, 0.717) is 17.3 Å². The Morgan fingerprint density at radius 2 is 2.05 bits per heavy atom. The van der Waals surface area contributed by atoms with Crippen LogP contribution in [-0.4, -0.2) is 16.1 Å². The highest BCUT2D eigenvalue weighted by Crippen LogP contribution is 2.36. The van der Waals surface area contributed by atoms with Crippen molar-refractivity contribution < 1.29 is 23.1 Å². The number of hydrogen-bond donors (Lipinski definition) is 2. The van der Waals surface area contributed by atoms with Crippen LogP contribution in [0.5, 0.6) is 0 Å². The molecule has 6 heteroatoms. The molecule has 3 nitrogen and oxygen atoms in total. The number of halogens is 3. The van der Waals surface area contributed by atoms with E-state index in [4.69, 9.17) is 5.11 Å². The monoisotopic (exact) mass is 271 g/mol. The number of carboxylic acids is 1. The van der Waals surface area contributed by atoms with Gasteiger partial charge in [-0.3, -0.25) is 4.79 Å². The van der Waals surface area contributed by atoms with Gasteiger partial charge < -0.3 is 10.1 Å². The number of alkyl halides is 3. The fourth-order valence-corrected chi connectivity index (χ4v) is 2.09. The van der Waals surface area contributed by atoms with Crippen LogP contribution in [-0.2, 0) is 23.8 Å². The molecule has 2 N–H and O–H groups in total. The Labute approximate surface area is 107 Å². The van der Waals surface area contributed by atoms with Gasteiger partial charge in [-0.2, -0.15) is 13.2 Å². The van der Waals surface area contributed by atoms with E-state index < -0.39 is 24.3 Å². The minimum absolute atomic E-state index is 0.203. The predicted molar refractivity (Wildman–Crippen MR) is 64.0 cm³/mol. The number of rotatable bonds is 3. The summed E-state index contributed by atoms with van der Waals surface area (Å²) in [5.41, 5.74) is -0.00362. The largest absolute Gasteiger partial charge is 0.481 e. The first-order valence-corrected chi connectivity index (χ1v) is 5.75. The standard InChI is InChI=1S/C13H12F3NO2/c1-2-7-3-4-10-8(5-7)9(6-11(18)19)12(17-10)13(14,15)16/h3-5,17H,2,6H2,1H3,(H,18,19). The highest BCUT2D eigenvalue weighted by Gasteiger charge is 2.36. The van der Waals surface area contributed by atoms with E-state index >= 15 is 0 Å². The highest BCUT2D eigenvalue weighted by molar-refractivity contribution is 5.89. The van der Waals surface area contributed by atoms with Crippen LogP contribution in [0.25, 0.3) is 10.9 Å². The number of nitrogens with one attached hydrogen (secondary N) is 1. The van der Waals surface area contributed by atoms with Crippen molar-refractivity contribution in [1.82, 2.24) is 4.98 Å². The quantitative estimate of drug-likeness (QED) is 0.899. The molecule has 0 atom stereocenters. The maximum absolute atomic E-state index is 12.9. The number of benzene rings is 1. The third kappa shape index (κ3) is 2.57. The summed E-state index contributed by atoms with van der Waals surface area (Å²) in [6.07, 6.45) is -4.56. The summed E-state index contributed by atoms with van der Waals surface area (Å²) < 4.78 is 38.7. The van der Waals surface area contributed by atoms with Gasteiger partial charge in [0.2, 0.25) is 0 Å². The fourth-order valence-electron chi connectivity index (χ4n) is 2.09. The van der Waals surface area contributed by atoms with Crippen molar-refractivity contribution in [2.24, 2.45) is 0 Å². The van der Waals surface area contributed by atoms with Gasteiger partial charge in [0.25, 0.3) is 0 Å². The Balaban J connectivity index is 2.71. The van der Waals surface area contributed by atoms with Crippen molar-refractivity contribution >= 4 is 16.9 Å². The molecule has 1 aromatic carbocycles. The van der Waals surface area contributed by atoms with Gasteiger partial charge in [0, 0.05) is 16.5 Å². The third-order valence-corrected chi connectivity index (χ3v) is 2.99. The van der Waals surface area contributed by atoms with Crippen LogP contribution in [0.15, 0.2) is 18.2 Å². The smallest absolute Gasteiger partial charge is 0.431 e. The lowest BCUT2D eigenvalue weighted by molar-refractivity contribution is -0.142. The van der Waals surface area contributed by atoms with Crippen molar-refractivity contribution in [2.75, 3.05) is 0 Å². The van der Waals surface area contributed by atoms with Crippen LogP contribution in [0.3, 0.4) is 0 Å². The lowest BCUT2D eigenvalue weighted by Gasteiger charge is -2.06. The zero-order valence-electron chi connectivity index (χ0n) is 10.1. The average molecular weight is 271 g/mol. The number of H-pyrrole nitrogens is 1. The lowest BCUT2D eigenvalue weighted by atomic mass is 10.0. The molecule has 0 bridgehead atoms. The van der Waals surface area contributed by atoms with Gasteiger partial charge in [-0.15, -0.1) is 0 Å². The first-order valence-electron chi connectivity index (χ1n) is 5.75. The second kappa shape index (κ2) is 4.60. The lowest BCUT2D eigenvalue weighted by Crippen LogP contribution is -2.11. The molecule has 0 saturated carbocycles. The van der Waals surface area contributed by atoms with E-state index in [1.807, 2.05) is 6.92 Å². The first kappa shape index (κ1) is 13.5. The van der Waals surface area contributed by atoms with Crippen molar-refractivity contribution in [2.45, 2.75) is 25.9 Å². The van der Waals surface area contributed by atoms with E-state index in [1.165, 1.54) is 0 Å². The number of aromatic nitrogens is 1. The molecule has 0 radical (unpaired) electrons. The first-order chi connectivity index (χ1) is 8.82. The summed E-state index contributed by atoms with van der Waals surface area (Å²) in [5, 5.41) is 9.11. The Morgan fingerprint density at radius 1 is 1.37 bits per heavy atom. The van der Waals surface area contributed by atoms with Gasteiger partial charge in [0.15, 0.2) is 0 Å². The third-order valence-electron chi connectivity index (χ3n) is 2.99. The second-order valence-corrected chi connectivity index (χ2v) is 4.28. The molecule has 0 spiro atoms. The molecular formula is C13H12F3NO2. The summed E-state index contributed by atoms with van der Waals surface area (Å²) in [5.74, 6) is -1.28. The van der Waals surface area contributed by atoms with Gasteiger partial charge in [0.1, 0.15) is 5.69 Å². The zero-order chi connectivity index (χ0) is 14.2. The summed E-state index contributed by atoms with van der Waals surface area (Å²) >= 11 is 0. The van der Waals surface area contributed by atoms with Crippen LogP contribution >= 0.6 is 0 Å². The van der Waals surface area contributed by atoms with E-state index in [9.17, 15) is 18.0 Å². The molecule has 19 heavy (non-hydrogen) atoms. The topological polar surface area (TPSA) is 53.1 Å². The van der Waals surface area contributed by atoms with Gasteiger partial charge in [-0.25, -0.2) is 0 Å². The molecule has 1 heterocycles. The van der Waals surface area contributed by atoms with E-state index in [1.54, 1.807) is 18.2 Å². The normalized spacial score (nSPS) is 12.0. The number of aromatic amines is 1. The zero-order valence-corrected chi connectivity index (χ0v) is 10.1. The van der Waals surface area contributed by atoms with Crippen LogP contribution in [0, 0.1) is 0 Å². The van der Waals surface area contributed by atoms with Crippen molar-refractivity contribution in [1.29, 1.82) is 0 Å². The van der Waals surface area contributed by atoms with Crippen molar-refractivity contribution in [3.05, 3.63) is 35.0 Å². The van der Waals surface area contributed by atoms with E-state index in [-0.39, 0.29) is 5.56 Å². The molecule has 0 aliphatic rings. The van der Waals surface area contributed by atoms with Crippen LogP contribution < -0.4 is 0 Å². The molecule has 0 unspecified atom stereocenters. The van der Waals surface area contributed by atoms with Gasteiger partial charge >= 0.3 is 12.1 Å². The van der Waals surface area contributed by atoms with E-state index in [0.717, 1.165) is 5.56 Å². The number of carboxylic acid groups (broad SMARTS) is 1. The second-order valence-electron chi connectivity index (χ2n) is 4.28. The Morgan fingerprint density at radius 3 is 2.58 bits per heavy atom. The minimum atomic E-state index is -4.59. The Kier molecular flexibility index (Phi) is 3.26. The molecule has 0 aliphatic carbocycles. The number of aryl methyl sites for hydroxylation is 1. The predicted octanol–water partition coefficient (Wildman–Crippen LogP) is 3.38. The maximum Gasteiger partial charge on any atom is 0.431 e. The van der Waals surface area contributed by atoms with Gasteiger partial charge in [-0.1, -0.05) is 13.0 Å². The number of carbonyl (C=O) groups is 1. The maximum atomic E-state index is 12.9. The molecule has 1 aromatic heterocycles. The molecule has 102 valence electrons. The van der Waals surface area contributed by atoms with Crippen LogP contribution in [0.2, 0.25) is 0 Å². The SMILES string of the molecule is CCc1ccc2[nH]c(C(F)(F)F)c(CC(=O)O)c2c1.